The van der Waals surface area contributed by atoms with Gasteiger partial charge in [-0.3, -0.25) is 4.79 Å². The standard InChI is InChI=1S/C27H37N7O2/c1-16(2)24(29-3)23-20(28)8-6-18-15-30-27(33-25(18)23)32-21-9-7-17(14-22(21)36-5)26(35)31-19-10-12-34(4)13-11-19/h7,9,14-16,19,28-29H,6,8,10-13H2,1-5H3,(H,31,35)(H,30,32,33)/b24-23+,28-20?. The van der Waals surface area contributed by atoms with Gasteiger partial charge in [0.25, 0.3) is 5.91 Å². The van der Waals surface area contributed by atoms with E-state index in [9.17, 15) is 4.79 Å². The first-order valence-corrected chi connectivity index (χ1v) is 12.6. The van der Waals surface area contributed by atoms with Crippen LogP contribution in [0.1, 0.15) is 54.7 Å². The van der Waals surface area contributed by atoms with Crippen LogP contribution in [0.3, 0.4) is 0 Å². The number of aryl methyl sites for hydroxylation is 1. The summed E-state index contributed by atoms with van der Waals surface area (Å²) in [6.45, 7) is 6.19. The molecule has 9 heteroatoms. The number of aromatic nitrogens is 2. The molecule has 1 saturated heterocycles. The Morgan fingerprint density at radius 3 is 2.64 bits per heavy atom. The molecule has 4 rings (SSSR count). The number of likely N-dealkylation sites (tertiary alicyclic amines) is 1. The van der Waals surface area contributed by atoms with Crippen LogP contribution < -0.4 is 20.7 Å². The van der Waals surface area contributed by atoms with E-state index in [1.165, 1.54) is 0 Å². The summed E-state index contributed by atoms with van der Waals surface area (Å²) in [7, 11) is 5.57. The molecule has 1 aromatic heterocycles. The van der Waals surface area contributed by atoms with Crippen molar-refractivity contribution in [2.24, 2.45) is 5.92 Å². The van der Waals surface area contributed by atoms with Gasteiger partial charge in [0.1, 0.15) is 5.75 Å². The van der Waals surface area contributed by atoms with Crippen LogP contribution in [-0.2, 0) is 6.42 Å². The van der Waals surface area contributed by atoms with Gasteiger partial charge >= 0.3 is 0 Å². The van der Waals surface area contributed by atoms with Crippen LogP contribution in [0.25, 0.3) is 5.57 Å². The second-order valence-corrected chi connectivity index (χ2v) is 9.83. The fourth-order valence-corrected chi connectivity index (χ4v) is 4.86. The van der Waals surface area contributed by atoms with E-state index < -0.39 is 0 Å². The van der Waals surface area contributed by atoms with Gasteiger partial charge in [-0.25, -0.2) is 9.97 Å². The van der Waals surface area contributed by atoms with Gasteiger partial charge in [0, 0.05) is 41.8 Å². The number of hydrogen-bond donors (Lipinski definition) is 4. The van der Waals surface area contributed by atoms with Crippen molar-refractivity contribution in [2.75, 3.05) is 39.6 Å². The number of fused-ring (bicyclic) bond motifs is 1. The Kier molecular flexibility index (Phi) is 7.88. The average Bonchev–Trinajstić information content (AvgIpc) is 2.87. The number of piperidine rings is 1. The largest absolute Gasteiger partial charge is 0.495 e. The Morgan fingerprint density at radius 1 is 1.22 bits per heavy atom. The van der Waals surface area contributed by atoms with E-state index >= 15 is 0 Å². The highest BCUT2D eigenvalue weighted by atomic mass is 16.5. The van der Waals surface area contributed by atoms with Crippen LogP contribution >= 0.6 is 0 Å². The van der Waals surface area contributed by atoms with Gasteiger partial charge in [-0.1, -0.05) is 13.8 Å². The zero-order valence-electron chi connectivity index (χ0n) is 21.9. The van der Waals surface area contributed by atoms with Crippen molar-refractivity contribution in [2.45, 2.75) is 45.6 Å². The molecule has 1 aromatic carbocycles. The fraction of sp³-hybridized carbons (Fsp3) is 0.481. The molecule has 0 unspecified atom stereocenters. The van der Waals surface area contributed by atoms with Crippen molar-refractivity contribution in [1.82, 2.24) is 25.5 Å². The van der Waals surface area contributed by atoms with Crippen molar-refractivity contribution < 1.29 is 9.53 Å². The summed E-state index contributed by atoms with van der Waals surface area (Å²) in [5, 5.41) is 18.3. The van der Waals surface area contributed by atoms with E-state index in [0.29, 0.717) is 35.1 Å². The molecule has 0 bridgehead atoms. The summed E-state index contributed by atoms with van der Waals surface area (Å²) in [5.74, 6) is 1.09. The van der Waals surface area contributed by atoms with Crippen LogP contribution in [0.5, 0.6) is 5.75 Å². The third-order valence-electron chi connectivity index (χ3n) is 6.93. The topological polar surface area (TPSA) is 115 Å². The van der Waals surface area contributed by atoms with E-state index in [-0.39, 0.29) is 17.9 Å². The smallest absolute Gasteiger partial charge is 0.251 e. The Morgan fingerprint density at radius 2 is 1.97 bits per heavy atom. The third kappa shape index (κ3) is 5.51. The van der Waals surface area contributed by atoms with Gasteiger partial charge in [-0.05, 0) is 75.5 Å². The molecular weight excluding hydrogens is 454 g/mol. The zero-order valence-corrected chi connectivity index (χ0v) is 21.9. The van der Waals surface area contributed by atoms with Gasteiger partial charge < -0.3 is 31.0 Å². The summed E-state index contributed by atoms with van der Waals surface area (Å²) in [6, 6.07) is 5.53. The molecule has 0 atom stereocenters. The van der Waals surface area contributed by atoms with Crippen molar-refractivity contribution >= 4 is 28.8 Å². The first-order valence-electron chi connectivity index (χ1n) is 12.6. The molecule has 0 spiro atoms. The number of allylic oxidation sites excluding steroid dienone is 2. The number of methoxy groups -OCH3 is 1. The van der Waals surface area contributed by atoms with E-state index in [1.807, 2.05) is 19.3 Å². The highest BCUT2D eigenvalue weighted by Gasteiger charge is 2.26. The lowest BCUT2D eigenvalue weighted by Gasteiger charge is -2.29. The third-order valence-corrected chi connectivity index (χ3v) is 6.93. The number of amides is 1. The SMILES string of the molecule is CN/C(=C1\C(=N)CCc2cnc(Nc3ccc(C(=O)NC4CCN(C)CC4)cc3OC)nc21)C(C)C. The molecule has 1 aliphatic heterocycles. The molecule has 2 aliphatic rings. The minimum atomic E-state index is -0.0963. The van der Waals surface area contributed by atoms with Crippen molar-refractivity contribution in [3.63, 3.8) is 0 Å². The minimum Gasteiger partial charge on any atom is -0.495 e. The lowest BCUT2D eigenvalue weighted by molar-refractivity contribution is 0.0916. The molecule has 36 heavy (non-hydrogen) atoms. The number of nitrogens with one attached hydrogen (secondary N) is 4. The first kappa shape index (κ1) is 25.6. The molecular formula is C27H37N7O2. The van der Waals surface area contributed by atoms with Gasteiger partial charge in [-0.15, -0.1) is 0 Å². The zero-order chi connectivity index (χ0) is 25.8. The maximum Gasteiger partial charge on any atom is 0.251 e. The number of ether oxygens (including phenoxy) is 1. The number of hydrogen-bond acceptors (Lipinski definition) is 8. The summed E-state index contributed by atoms with van der Waals surface area (Å²) >= 11 is 0. The molecule has 2 heterocycles. The Hall–Kier alpha value is -3.46. The van der Waals surface area contributed by atoms with E-state index in [4.69, 9.17) is 15.1 Å². The Balaban J connectivity index is 1.57. The lowest BCUT2D eigenvalue weighted by Crippen LogP contribution is -2.43. The van der Waals surface area contributed by atoms with E-state index in [1.54, 1.807) is 19.2 Å². The van der Waals surface area contributed by atoms with Crippen LogP contribution in [0.4, 0.5) is 11.6 Å². The fourth-order valence-electron chi connectivity index (χ4n) is 4.86. The monoisotopic (exact) mass is 491 g/mol. The molecule has 192 valence electrons. The number of carbonyl (C=O) groups is 1. The number of anilines is 2. The molecule has 1 fully saturated rings. The van der Waals surface area contributed by atoms with E-state index in [0.717, 1.165) is 54.9 Å². The predicted octanol–water partition coefficient (Wildman–Crippen LogP) is 3.61. The molecule has 2 aromatic rings. The molecule has 1 aliphatic carbocycles. The summed E-state index contributed by atoms with van der Waals surface area (Å²) in [4.78, 5) is 24.5. The Labute approximate surface area is 213 Å². The van der Waals surface area contributed by atoms with Crippen molar-refractivity contribution in [1.29, 1.82) is 5.41 Å². The van der Waals surface area contributed by atoms with Crippen molar-refractivity contribution in [3.8, 4) is 5.75 Å². The van der Waals surface area contributed by atoms with Crippen LogP contribution in [-0.4, -0.2) is 66.8 Å². The highest BCUT2D eigenvalue weighted by molar-refractivity contribution is 6.24. The maximum absolute atomic E-state index is 12.9. The molecule has 4 N–H and O–H groups in total. The lowest BCUT2D eigenvalue weighted by atomic mass is 9.87. The van der Waals surface area contributed by atoms with Crippen molar-refractivity contribution in [3.05, 3.63) is 46.9 Å². The summed E-state index contributed by atoms with van der Waals surface area (Å²) in [5.41, 5.74) is 5.49. The second-order valence-electron chi connectivity index (χ2n) is 9.83. The second kappa shape index (κ2) is 11.1. The minimum absolute atomic E-state index is 0.0963. The normalized spacial score (nSPS) is 18.0. The van der Waals surface area contributed by atoms with Gasteiger partial charge in [0.15, 0.2) is 0 Å². The molecule has 0 saturated carbocycles. The van der Waals surface area contributed by atoms with Gasteiger partial charge in [0.05, 0.1) is 18.5 Å². The van der Waals surface area contributed by atoms with Crippen LogP contribution in [0, 0.1) is 11.3 Å². The van der Waals surface area contributed by atoms with Gasteiger partial charge in [-0.2, -0.15) is 0 Å². The number of rotatable bonds is 7. The predicted molar refractivity (Wildman–Crippen MR) is 143 cm³/mol. The van der Waals surface area contributed by atoms with Crippen LogP contribution in [0.2, 0.25) is 0 Å². The quantitative estimate of drug-likeness (QED) is 0.468. The maximum atomic E-state index is 12.9. The van der Waals surface area contributed by atoms with Crippen LogP contribution in [0.15, 0.2) is 30.1 Å². The molecule has 1 amide bonds. The number of nitrogens with zero attached hydrogens (tertiary/aromatic N) is 3. The molecule has 9 nitrogen and oxygen atoms in total. The Bertz CT molecular complexity index is 1170. The highest BCUT2D eigenvalue weighted by Crippen LogP contribution is 2.33. The number of benzene rings is 1. The first-order chi connectivity index (χ1) is 17.3. The summed E-state index contributed by atoms with van der Waals surface area (Å²) in [6.07, 6.45) is 5.16. The molecule has 0 radical (unpaired) electrons. The average molecular weight is 492 g/mol. The van der Waals surface area contributed by atoms with Gasteiger partial charge in [0.2, 0.25) is 5.95 Å². The summed E-state index contributed by atoms with van der Waals surface area (Å²) < 4.78 is 5.59. The van der Waals surface area contributed by atoms with E-state index in [2.05, 4.69) is 46.7 Å². The number of carbonyl (C=O) groups excluding carboxylic acids is 1.